The van der Waals surface area contributed by atoms with Crippen LogP contribution in [-0.4, -0.2) is 47.3 Å². The van der Waals surface area contributed by atoms with Gasteiger partial charge in [0.15, 0.2) is 0 Å². The Labute approximate surface area is 109 Å². The number of carbonyl (C=O) groups excluding carboxylic acids is 2. The number of nitrogens with zero attached hydrogens (tertiary/aromatic N) is 2. The first-order chi connectivity index (χ1) is 8.59. The number of hydrogen-bond acceptors (Lipinski definition) is 2. The molecule has 0 aromatic rings. The lowest BCUT2D eigenvalue weighted by molar-refractivity contribution is -0.135. The SMILES string of the molecule is CC(C)N1C[C@H](C(=O)N2CCCCCC2)CC1=O. The van der Waals surface area contributed by atoms with Gasteiger partial charge in [0.25, 0.3) is 0 Å². The van der Waals surface area contributed by atoms with Crippen LogP contribution in [0.1, 0.15) is 46.0 Å². The first kappa shape index (κ1) is 13.4. The summed E-state index contributed by atoms with van der Waals surface area (Å²) in [6.07, 6.45) is 5.09. The van der Waals surface area contributed by atoms with Gasteiger partial charge in [-0.3, -0.25) is 9.59 Å². The van der Waals surface area contributed by atoms with Crippen molar-refractivity contribution in [3.8, 4) is 0 Å². The van der Waals surface area contributed by atoms with Crippen LogP contribution >= 0.6 is 0 Å². The van der Waals surface area contributed by atoms with E-state index >= 15 is 0 Å². The van der Waals surface area contributed by atoms with Crippen molar-refractivity contribution in [3.05, 3.63) is 0 Å². The number of rotatable bonds is 2. The molecular weight excluding hydrogens is 228 g/mol. The molecule has 0 unspecified atom stereocenters. The number of amides is 2. The highest BCUT2D eigenvalue weighted by Crippen LogP contribution is 2.23. The Bertz CT molecular complexity index is 320. The monoisotopic (exact) mass is 252 g/mol. The molecule has 0 spiro atoms. The molecule has 4 heteroatoms. The smallest absolute Gasteiger partial charge is 0.227 e. The standard InChI is InChI=1S/C14H24N2O2/c1-11(2)16-10-12(9-13(16)17)14(18)15-7-5-3-4-6-8-15/h11-12H,3-10H2,1-2H3/t12-/m1/s1. The van der Waals surface area contributed by atoms with Crippen molar-refractivity contribution in [2.75, 3.05) is 19.6 Å². The van der Waals surface area contributed by atoms with Gasteiger partial charge in [-0.15, -0.1) is 0 Å². The van der Waals surface area contributed by atoms with Gasteiger partial charge in [0, 0.05) is 32.1 Å². The molecular formula is C14H24N2O2. The minimum Gasteiger partial charge on any atom is -0.342 e. The number of hydrogen-bond donors (Lipinski definition) is 0. The predicted octanol–water partition coefficient (Wildman–Crippen LogP) is 1.65. The van der Waals surface area contributed by atoms with Crippen molar-refractivity contribution < 1.29 is 9.59 Å². The Hall–Kier alpha value is -1.06. The van der Waals surface area contributed by atoms with E-state index in [4.69, 9.17) is 0 Å². The molecule has 0 saturated carbocycles. The zero-order valence-corrected chi connectivity index (χ0v) is 11.5. The normalized spacial score (nSPS) is 25.7. The average Bonchev–Trinajstić information content (AvgIpc) is 2.56. The lowest BCUT2D eigenvalue weighted by atomic mass is 10.1. The maximum Gasteiger partial charge on any atom is 0.227 e. The maximum atomic E-state index is 12.4. The summed E-state index contributed by atoms with van der Waals surface area (Å²) < 4.78 is 0. The first-order valence-corrected chi connectivity index (χ1v) is 7.18. The molecule has 0 aromatic heterocycles. The Morgan fingerprint density at radius 1 is 1.17 bits per heavy atom. The van der Waals surface area contributed by atoms with Gasteiger partial charge in [-0.2, -0.15) is 0 Å². The largest absolute Gasteiger partial charge is 0.342 e. The third-order valence-corrected chi connectivity index (χ3v) is 4.05. The highest BCUT2D eigenvalue weighted by Gasteiger charge is 2.37. The van der Waals surface area contributed by atoms with Crippen molar-refractivity contribution in [1.82, 2.24) is 9.80 Å². The fraction of sp³-hybridized carbons (Fsp3) is 0.857. The average molecular weight is 252 g/mol. The van der Waals surface area contributed by atoms with Gasteiger partial charge in [-0.25, -0.2) is 0 Å². The number of likely N-dealkylation sites (tertiary alicyclic amines) is 2. The lowest BCUT2D eigenvalue weighted by Gasteiger charge is -2.25. The van der Waals surface area contributed by atoms with Crippen LogP contribution in [0.2, 0.25) is 0 Å². The Morgan fingerprint density at radius 2 is 1.78 bits per heavy atom. The van der Waals surface area contributed by atoms with Crippen LogP contribution in [0, 0.1) is 5.92 Å². The summed E-state index contributed by atoms with van der Waals surface area (Å²) in [6, 6.07) is 0.208. The molecule has 18 heavy (non-hydrogen) atoms. The van der Waals surface area contributed by atoms with E-state index in [1.165, 1.54) is 12.8 Å². The van der Waals surface area contributed by atoms with Crippen LogP contribution in [-0.2, 0) is 9.59 Å². The van der Waals surface area contributed by atoms with Gasteiger partial charge in [0.05, 0.1) is 5.92 Å². The maximum absolute atomic E-state index is 12.4. The molecule has 1 atom stereocenters. The zero-order chi connectivity index (χ0) is 13.1. The summed E-state index contributed by atoms with van der Waals surface area (Å²) in [5.74, 6) is 0.240. The Kier molecular flexibility index (Phi) is 4.25. The summed E-state index contributed by atoms with van der Waals surface area (Å²) in [5, 5.41) is 0. The predicted molar refractivity (Wildman–Crippen MR) is 70.0 cm³/mol. The van der Waals surface area contributed by atoms with Gasteiger partial charge < -0.3 is 9.80 Å². The highest BCUT2D eigenvalue weighted by atomic mass is 16.2. The van der Waals surface area contributed by atoms with E-state index in [0.29, 0.717) is 13.0 Å². The van der Waals surface area contributed by atoms with Gasteiger partial charge in [0.2, 0.25) is 11.8 Å². The molecule has 2 amide bonds. The van der Waals surface area contributed by atoms with E-state index in [2.05, 4.69) is 0 Å². The molecule has 2 aliphatic heterocycles. The van der Waals surface area contributed by atoms with Crippen molar-refractivity contribution in [1.29, 1.82) is 0 Å². The second-order valence-electron chi connectivity index (χ2n) is 5.78. The van der Waals surface area contributed by atoms with E-state index in [-0.39, 0.29) is 23.8 Å². The fourth-order valence-electron chi connectivity index (χ4n) is 2.95. The Balaban J connectivity index is 1.95. The third-order valence-electron chi connectivity index (χ3n) is 4.05. The summed E-state index contributed by atoms with van der Waals surface area (Å²) in [5.41, 5.74) is 0. The topological polar surface area (TPSA) is 40.6 Å². The van der Waals surface area contributed by atoms with Crippen molar-refractivity contribution in [2.24, 2.45) is 5.92 Å². The van der Waals surface area contributed by atoms with Gasteiger partial charge in [0.1, 0.15) is 0 Å². The number of carbonyl (C=O) groups is 2. The van der Waals surface area contributed by atoms with Crippen LogP contribution in [0.15, 0.2) is 0 Å². The molecule has 0 aliphatic carbocycles. The lowest BCUT2D eigenvalue weighted by Crippen LogP contribution is -2.39. The molecule has 2 aliphatic rings. The second kappa shape index (κ2) is 5.72. The van der Waals surface area contributed by atoms with E-state index in [1.54, 1.807) is 0 Å². The van der Waals surface area contributed by atoms with Gasteiger partial charge in [-0.05, 0) is 26.7 Å². The first-order valence-electron chi connectivity index (χ1n) is 7.18. The van der Waals surface area contributed by atoms with Gasteiger partial charge in [-0.1, -0.05) is 12.8 Å². The molecule has 102 valence electrons. The summed E-state index contributed by atoms with van der Waals surface area (Å²) >= 11 is 0. The third kappa shape index (κ3) is 2.85. The highest BCUT2D eigenvalue weighted by molar-refractivity contribution is 5.89. The molecule has 0 N–H and O–H groups in total. The minimum absolute atomic E-state index is 0.0991. The zero-order valence-electron chi connectivity index (χ0n) is 11.5. The van der Waals surface area contributed by atoms with E-state index < -0.39 is 0 Å². The van der Waals surface area contributed by atoms with E-state index in [1.807, 2.05) is 23.6 Å². The molecule has 2 rings (SSSR count). The molecule has 4 nitrogen and oxygen atoms in total. The van der Waals surface area contributed by atoms with E-state index in [0.717, 1.165) is 25.9 Å². The minimum atomic E-state index is -0.0991. The molecule has 0 radical (unpaired) electrons. The van der Waals surface area contributed by atoms with Crippen LogP contribution in [0.5, 0.6) is 0 Å². The van der Waals surface area contributed by atoms with Crippen molar-refractivity contribution >= 4 is 11.8 Å². The van der Waals surface area contributed by atoms with Crippen LogP contribution in [0.25, 0.3) is 0 Å². The Morgan fingerprint density at radius 3 is 2.28 bits per heavy atom. The van der Waals surface area contributed by atoms with Crippen LogP contribution in [0.4, 0.5) is 0 Å². The van der Waals surface area contributed by atoms with Gasteiger partial charge >= 0.3 is 0 Å². The molecule has 2 fully saturated rings. The summed E-state index contributed by atoms with van der Waals surface area (Å²) in [7, 11) is 0. The molecule has 2 saturated heterocycles. The van der Waals surface area contributed by atoms with Crippen LogP contribution in [0.3, 0.4) is 0 Å². The molecule has 0 bridgehead atoms. The second-order valence-corrected chi connectivity index (χ2v) is 5.78. The van der Waals surface area contributed by atoms with E-state index in [9.17, 15) is 9.59 Å². The fourth-order valence-corrected chi connectivity index (χ4v) is 2.95. The molecule has 0 aromatic carbocycles. The quantitative estimate of drug-likeness (QED) is 0.749. The van der Waals surface area contributed by atoms with Crippen LogP contribution < -0.4 is 0 Å². The molecule has 2 heterocycles. The summed E-state index contributed by atoms with van der Waals surface area (Å²) in [6.45, 7) is 6.40. The van der Waals surface area contributed by atoms with Crippen molar-refractivity contribution in [3.63, 3.8) is 0 Å². The van der Waals surface area contributed by atoms with Crippen molar-refractivity contribution in [2.45, 2.75) is 52.0 Å². The summed E-state index contributed by atoms with van der Waals surface area (Å²) in [4.78, 5) is 28.1.